The maximum absolute atomic E-state index is 13.0. The van der Waals surface area contributed by atoms with Gasteiger partial charge in [-0.05, 0) is 65.9 Å². The molecule has 0 aromatic heterocycles. The van der Waals surface area contributed by atoms with Crippen molar-refractivity contribution in [2.24, 2.45) is 0 Å². The summed E-state index contributed by atoms with van der Waals surface area (Å²) >= 11 is 0. The topological polar surface area (TPSA) is 57.2 Å². The van der Waals surface area contributed by atoms with E-state index in [0.29, 0.717) is 13.2 Å². The quantitative estimate of drug-likeness (QED) is 0.564. The van der Waals surface area contributed by atoms with E-state index < -0.39 is 12.7 Å². The zero-order chi connectivity index (χ0) is 23.4. The van der Waals surface area contributed by atoms with Crippen LogP contribution in [0.15, 0.2) is 24.3 Å². The smallest absolute Gasteiger partial charge is 0.444 e. The summed E-state index contributed by atoms with van der Waals surface area (Å²) in [5.41, 5.74) is 0.672. The SMILES string of the molecule is CCC[C@H](COC)N(Cc1ccc(B2OC(C)(C)C(C)(C)O2)cc1)C(=O)OC(C)(C)C. The average Bonchev–Trinajstić information content (AvgIpc) is 2.86. The van der Waals surface area contributed by atoms with Gasteiger partial charge in [-0.25, -0.2) is 4.79 Å². The first-order valence-electron chi connectivity index (χ1n) is 11.2. The maximum atomic E-state index is 13.0. The van der Waals surface area contributed by atoms with Gasteiger partial charge in [0, 0.05) is 13.7 Å². The Labute approximate surface area is 188 Å². The molecular weight excluding hydrogens is 393 g/mol. The van der Waals surface area contributed by atoms with E-state index in [-0.39, 0.29) is 23.3 Å². The van der Waals surface area contributed by atoms with Crippen molar-refractivity contribution < 1.29 is 23.6 Å². The zero-order valence-electron chi connectivity index (χ0n) is 20.8. The summed E-state index contributed by atoms with van der Waals surface area (Å²) in [4.78, 5) is 14.8. The molecule has 0 spiro atoms. The molecule has 1 fully saturated rings. The Morgan fingerprint density at radius 3 is 2.10 bits per heavy atom. The molecule has 1 aliphatic rings. The van der Waals surface area contributed by atoms with E-state index in [2.05, 4.69) is 6.92 Å². The van der Waals surface area contributed by atoms with Gasteiger partial charge in [-0.2, -0.15) is 0 Å². The number of methoxy groups -OCH3 is 1. The second-order valence-electron chi connectivity index (χ2n) is 10.3. The second-order valence-corrected chi connectivity index (χ2v) is 10.3. The first-order chi connectivity index (χ1) is 14.3. The third-order valence-electron chi connectivity index (χ3n) is 5.91. The lowest BCUT2D eigenvalue weighted by molar-refractivity contribution is 0.00196. The predicted octanol–water partition coefficient (Wildman–Crippen LogP) is 4.54. The molecule has 1 saturated heterocycles. The number of amides is 1. The molecule has 0 radical (unpaired) electrons. The van der Waals surface area contributed by atoms with Crippen molar-refractivity contribution in [3.63, 3.8) is 0 Å². The highest BCUT2D eigenvalue weighted by atomic mass is 16.7. The predicted molar refractivity (Wildman–Crippen MR) is 125 cm³/mol. The van der Waals surface area contributed by atoms with Gasteiger partial charge in [-0.15, -0.1) is 0 Å². The molecule has 2 rings (SSSR count). The normalized spacial score (nSPS) is 18.7. The molecule has 1 aromatic rings. The highest BCUT2D eigenvalue weighted by Gasteiger charge is 2.51. The van der Waals surface area contributed by atoms with E-state index in [9.17, 15) is 4.79 Å². The molecule has 1 amide bonds. The van der Waals surface area contributed by atoms with Crippen LogP contribution in [0.25, 0.3) is 0 Å². The summed E-state index contributed by atoms with van der Waals surface area (Å²) in [6.07, 6.45) is 1.48. The lowest BCUT2D eigenvalue weighted by Gasteiger charge is -2.33. The first-order valence-corrected chi connectivity index (χ1v) is 11.2. The number of ether oxygens (including phenoxy) is 2. The van der Waals surface area contributed by atoms with Gasteiger partial charge in [0.1, 0.15) is 5.60 Å². The van der Waals surface area contributed by atoms with Crippen LogP contribution in [0.5, 0.6) is 0 Å². The van der Waals surface area contributed by atoms with E-state index in [1.165, 1.54) is 0 Å². The maximum Gasteiger partial charge on any atom is 0.494 e. The molecule has 174 valence electrons. The third kappa shape index (κ3) is 6.71. The second kappa shape index (κ2) is 9.93. The van der Waals surface area contributed by atoms with E-state index >= 15 is 0 Å². The fraction of sp³-hybridized carbons (Fsp3) is 0.708. The Kier molecular flexibility index (Phi) is 8.23. The van der Waals surface area contributed by atoms with Gasteiger partial charge in [0.05, 0.1) is 23.9 Å². The molecule has 1 aromatic carbocycles. The van der Waals surface area contributed by atoms with Crippen LogP contribution in [-0.2, 0) is 25.3 Å². The van der Waals surface area contributed by atoms with Gasteiger partial charge in [-0.1, -0.05) is 37.6 Å². The van der Waals surface area contributed by atoms with Crippen LogP contribution < -0.4 is 5.46 Å². The van der Waals surface area contributed by atoms with E-state index in [0.717, 1.165) is 23.9 Å². The molecule has 0 bridgehead atoms. The van der Waals surface area contributed by atoms with Gasteiger partial charge < -0.3 is 18.8 Å². The minimum absolute atomic E-state index is 0.0485. The summed E-state index contributed by atoms with van der Waals surface area (Å²) in [5.74, 6) is 0. The molecule has 7 heteroatoms. The molecule has 1 aliphatic heterocycles. The lowest BCUT2D eigenvalue weighted by Crippen LogP contribution is -2.45. The zero-order valence-corrected chi connectivity index (χ0v) is 20.8. The van der Waals surface area contributed by atoms with Crippen LogP contribution in [-0.4, -0.2) is 54.7 Å². The van der Waals surface area contributed by atoms with Gasteiger partial charge in [0.2, 0.25) is 0 Å². The van der Waals surface area contributed by atoms with Crippen LogP contribution in [0, 0.1) is 0 Å². The summed E-state index contributed by atoms with van der Waals surface area (Å²) in [6.45, 7) is 16.9. The van der Waals surface area contributed by atoms with Crippen molar-refractivity contribution in [2.75, 3.05) is 13.7 Å². The summed E-state index contributed by atoms with van der Waals surface area (Å²) in [5, 5.41) is 0. The Morgan fingerprint density at radius 2 is 1.65 bits per heavy atom. The minimum Gasteiger partial charge on any atom is -0.444 e. The number of carbonyl (C=O) groups is 1. The highest BCUT2D eigenvalue weighted by Crippen LogP contribution is 2.36. The molecule has 1 atom stereocenters. The van der Waals surface area contributed by atoms with Crippen molar-refractivity contribution in [3.05, 3.63) is 29.8 Å². The minimum atomic E-state index is -0.556. The Balaban J connectivity index is 2.19. The summed E-state index contributed by atoms with van der Waals surface area (Å²) in [6, 6.07) is 8.01. The van der Waals surface area contributed by atoms with Gasteiger partial charge in [-0.3, -0.25) is 4.90 Å². The van der Waals surface area contributed by atoms with Crippen LogP contribution >= 0.6 is 0 Å². The Hall–Kier alpha value is -1.57. The molecule has 31 heavy (non-hydrogen) atoms. The van der Waals surface area contributed by atoms with Crippen molar-refractivity contribution in [1.82, 2.24) is 4.90 Å². The number of rotatable bonds is 8. The summed E-state index contributed by atoms with van der Waals surface area (Å²) < 4.78 is 23.4. The van der Waals surface area contributed by atoms with Crippen molar-refractivity contribution in [2.45, 2.75) is 97.6 Å². The first kappa shape index (κ1) is 25.7. The highest BCUT2D eigenvalue weighted by molar-refractivity contribution is 6.62. The number of carbonyl (C=O) groups excluding carboxylic acids is 1. The molecule has 0 saturated carbocycles. The standard InChI is InChI=1S/C24H40BNO5/c1-10-11-20(17-28-9)26(21(27)29-22(2,3)4)16-18-12-14-19(15-13-18)25-30-23(5,6)24(7,8)31-25/h12-15,20H,10-11,16-17H2,1-9H3/t20-/m1/s1. The van der Waals surface area contributed by atoms with Crippen LogP contribution in [0.1, 0.15) is 73.8 Å². The largest absolute Gasteiger partial charge is 0.494 e. The number of nitrogens with zero attached hydrogens (tertiary/aromatic N) is 1. The average molecular weight is 433 g/mol. The van der Waals surface area contributed by atoms with Gasteiger partial charge in [0.25, 0.3) is 0 Å². The molecular formula is C24H40BNO5. The molecule has 6 nitrogen and oxygen atoms in total. The van der Waals surface area contributed by atoms with Gasteiger partial charge >= 0.3 is 13.2 Å². The molecule has 0 unspecified atom stereocenters. The lowest BCUT2D eigenvalue weighted by atomic mass is 9.79. The molecule has 0 N–H and O–H groups in total. The van der Waals surface area contributed by atoms with Crippen LogP contribution in [0.4, 0.5) is 4.79 Å². The molecule has 0 aliphatic carbocycles. The monoisotopic (exact) mass is 433 g/mol. The fourth-order valence-electron chi connectivity index (χ4n) is 3.47. The van der Waals surface area contributed by atoms with Crippen molar-refractivity contribution in [3.8, 4) is 0 Å². The fourth-order valence-corrected chi connectivity index (χ4v) is 3.47. The Bertz CT molecular complexity index is 704. The van der Waals surface area contributed by atoms with E-state index in [4.69, 9.17) is 18.8 Å². The molecule has 1 heterocycles. The Morgan fingerprint density at radius 1 is 1.10 bits per heavy atom. The van der Waals surface area contributed by atoms with Gasteiger partial charge in [0.15, 0.2) is 0 Å². The van der Waals surface area contributed by atoms with E-state index in [1.54, 1.807) is 12.0 Å². The van der Waals surface area contributed by atoms with Crippen molar-refractivity contribution in [1.29, 1.82) is 0 Å². The van der Waals surface area contributed by atoms with Crippen LogP contribution in [0.2, 0.25) is 0 Å². The number of hydrogen-bond donors (Lipinski definition) is 0. The van der Waals surface area contributed by atoms with Crippen molar-refractivity contribution >= 4 is 18.7 Å². The summed E-state index contributed by atoms with van der Waals surface area (Å²) in [7, 11) is 1.26. The third-order valence-corrected chi connectivity index (χ3v) is 5.91. The van der Waals surface area contributed by atoms with E-state index in [1.807, 2.05) is 72.7 Å². The number of benzene rings is 1. The number of hydrogen-bond acceptors (Lipinski definition) is 5. The van der Waals surface area contributed by atoms with Crippen LogP contribution in [0.3, 0.4) is 0 Å².